The molecule has 1 aromatic carbocycles. The van der Waals surface area contributed by atoms with Crippen LogP contribution in [0.3, 0.4) is 0 Å². The van der Waals surface area contributed by atoms with Crippen molar-refractivity contribution in [1.82, 2.24) is 9.80 Å². The summed E-state index contributed by atoms with van der Waals surface area (Å²) >= 11 is 0. The molecule has 2 aliphatic rings. The zero-order chi connectivity index (χ0) is 19.7. The van der Waals surface area contributed by atoms with Crippen molar-refractivity contribution in [2.75, 3.05) is 26.7 Å². The van der Waals surface area contributed by atoms with E-state index in [0.717, 1.165) is 12.1 Å². The SMILES string of the molecule is CN(CC(=O)N1CCCC(C(=O)O)C1)C(=O)C1CC1c1ccc(F)c(F)c1. The number of carbonyl (C=O) groups excluding carboxylic acids is 2. The van der Waals surface area contributed by atoms with Gasteiger partial charge in [0.25, 0.3) is 0 Å². The smallest absolute Gasteiger partial charge is 0.308 e. The molecule has 1 saturated heterocycles. The van der Waals surface area contributed by atoms with Crippen LogP contribution in [0.4, 0.5) is 8.78 Å². The van der Waals surface area contributed by atoms with Gasteiger partial charge in [-0.25, -0.2) is 8.78 Å². The molecule has 146 valence electrons. The predicted octanol–water partition coefficient (Wildman–Crippen LogP) is 1.85. The van der Waals surface area contributed by atoms with Crippen molar-refractivity contribution in [2.45, 2.75) is 25.2 Å². The molecule has 2 amide bonds. The Kier molecular flexibility index (Phi) is 5.43. The van der Waals surface area contributed by atoms with Crippen LogP contribution < -0.4 is 0 Å². The molecule has 1 N–H and O–H groups in total. The summed E-state index contributed by atoms with van der Waals surface area (Å²) < 4.78 is 26.4. The van der Waals surface area contributed by atoms with E-state index in [1.165, 1.54) is 22.9 Å². The first kappa shape index (κ1) is 19.3. The number of amides is 2. The van der Waals surface area contributed by atoms with Gasteiger partial charge in [-0.1, -0.05) is 6.07 Å². The van der Waals surface area contributed by atoms with E-state index in [1.54, 1.807) is 0 Å². The summed E-state index contributed by atoms with van der Waals surface area (Å²) in [5, 5.41) is 9.11. The van der Waals surface area contributed by atoms with Gasteiger partial charge in [0.1, 0.15) is 0 Å². The van der Waals surface area contributed by atoms with Crippen LogP contribution in [-0.2, 0) is 14.4 Å². The molecule has 1 aliphatic carbocycles. The second-order valence-electron chi connectivity index (χ2n) is 7.33. The molecular weight excluding hydrogens is 358 g/mol. The third-order valence-electron chi connectivity index (χ3n) is 5.35. The van der Waals surface area contributed by atoms with Gasteiger partial charge in [-0.15, -0.1) is 0 Å². The third-order valence-corrected chi connectivity index (χ3v) is 5.35. The summed E-state index contributed by atoms with van der Waals surface area (Å²) in [7, 11) is 1.53. The Morgan fingerprint density at radius 2 is 2.00 bits per heavy atom. The minimum atomic E-state index is -0.938. The fraction of sp³-hybridized carbons (Fsp3) is 0.526. The van der Waals surface area contributed by atoms with E-state index in [9.17, 15) is 23.2 Å². The molecule has 3 rings (SSSR count). The molecule has 8 heteroatoms. The average molecular weight is 380 g/mol. The first-order valence-corrected chi connectivity index (χ1v) is 8.98. The maximum Gasteiger partial charge on any atom is 0.308 e. The van der Waals surface area contributed by atoms with Crippen molar-refractivity contribution in [3.63, 3.8) is 0 Å². The predicted molar refractivity (Wildman–Crippen MR) is 91.8 cm³/mol. The number of carboxylic acids is 1. The number of aliphatic carboxylic acids is 1. The molecule has 0 aromatic heterocycles. The van der Waals surface area contributed by atoms with Crippen LogP contribution in [0.25, 0.3) is 0 Å². The molecule has 0 radical (unpaired) electrons. The highest BCUT2D eigenvalue weighted by Gasteiger charge is 2.45. The third kappa shape index (κ3) is 4.26. The van der Waals surface area contributed by atoms with Crippen LogP contribution in [0.2, 0.25) is 0 Å². The van der Waals surface area contributed by atoms with Gasteiger partial charge in [0.2, 0.25) is 11.8 Å². The van der Waals surface area contributed by atoms with E-state index in [0.29, 0.717) is 31.4 Å². The molecule has 27 heavy (non-hydrogen) atoms. The van der Waals surface area contributed by atoms with Crippen LogP contribution in [0, 0.1) is 23.5 Å². The van der Waals surface area contributed by atoms with Crippen molar-refractivity contribution < 1.29 is 28.3 Å². The second kappa shape index (κ2) is 7.62. The number of benzene rings is 1. The minimum absolute atomic E-state index is 0.119. The number of piperidine rings is 1. The Morgan fingerprint density at radius 1 is 1.26 bits per heavy atom. The number of likely N-dealkylation sites (tertiary alicyclic amines) is 1. The fourth-order valence-electron chi connectivity index (χ4n) is 3.65. The summed E-state index contributed by atoms with van der Waals surface area (Å²) in [5.74, 6) is -4.35. The lowest BCUT2D eigenvalue weighted by molar-refractivity contribution is -0.147. The Labute approximate surface area is 155 Å². The van der Waals surface area contributed by atoms with Crippen LogP contribution >= 0.6 is 0 Å². The first-order valence-electron chi connectivity index (χ1n) is 8.98. The summed E-state index contributed by atoms with van der Waals surface area (Å²) in [5.41, 5.74) is 0.576. The minimum Gasteiger partial charge on any atom is -0.481 e. The molecule has 1 heterocycles. The fourth-order valence-corrected chi connectivity index (χ4v) is 3.65. The highest BCUT2D eigenvalue weighted by Crippen LogP contribution is 2.48. The molecule has 0 bridgehead atoms. The number of rotatable bonds is 5. The van der Waals surface area contributed by atoms with Gasteiger partial charge in [-0.2, -0.15) is 0 Å². The second-order valence-corrected chi connectivity index (χ2v) is 7.33. The molecule has 1 aromatic rings. The van der Waals surface area contributed by atoms with Crippen molar-refractivity contribution in [3.05, 3.63) is 35.4 Å². The number of likely N-dealkylation sites (N-methyl/N-ethyl adjacent to an activating group) is 1. The maximum atomic E-state index is 13.4. The molecular formula is C19H22F2N2O4. The molecule has 1 saturated carbocycles. The molecule has 3 atom stereocenters. The number of carboxylic acid groups (broad SMARTS) is 1. The Bertz CT molecular complexity index is 770. The Balaban J connectivity index is 1.54. The van der Waals surface area contributed by atoms with Crippen molar-refractivity contribution in [2.24, 2.45) is 11.8 Å². The van der Waals surface area contributed by atoms with E-state index in [2.05, 4.69) is 0 Å². The summed E-state index contributed by atoms with van der Waals surface area (Å²) in [4.78, 5) is 38.9. The summed E-state index contributed by atoms with van der Waals surface area (Å²) in [6.07, 6.45) is 1.71. The first-order chi connectivity index (χ1) is 12.8. The standard InChI is InChI=1S/C19H22F2N2O4/c1-22(10-17(24)23-6-2-3-12(9-23)19(26)27)18(25)14-8-13(14)11-4-5-15(20)16(21)7-11/h4-5,7,12-14H,2-3,6,8-10H2,1H3,(H,26,27). The molecule has 2 fully saturated rings. The molecule has 0 spiro atoms. The van der Waals surface area contributed by atoms with Gasteiger partial charge in [0.15, 0.2) is 11.6 Å². The van der Waals surface area contributed by atoms with Crippen molar-refractivity contribution in [1.29, 1.82) is 0 Å². The van der Waals surface area contributed by atoms with Crippen LogP contribution in [0.15, 0.2) is 18.2 Å². The van der Waals surface area contributed by atoms with Gasteiger partial charge >= 0.3 is 5.97 Å². The van der Waals surface area contributed by atoms with Gasteiger partial charge in [0, 0.05) is 26.1 Å². The number of hydrogen-bond donors (Lipinski definition) is 1. The van der Waals surface area contributed by atoms with Crippen LogP contribution in [0.1, 0.15) is 30.7 Å². The Morgan fingerprint density at radius 3 is 2.67 bits per heavy atom. The quantitative estimate of drug-likeness (QED) is 0.846. The number of halogens is 2. The summed E-state index contributed by atoms with van der Waals surface area (Å²) in [6.45, 7) is 0.537. The number of carbonyl (C=O) groups is 3. The lowest BCUT2D eigenvalue weighted by Crippen LogP contribution is -2.47. The molecule has 6 nitrogen and oxygen atoms in total. The largest absolute Gasteiger partial charge is 0.481 e. The molecule has 1 aliphatic heterocycles. The summed E-state index contributed by atoms with van der Waals surface area (Å²) in [6, 6.07) is 3.63. The van der Waals surface area contributed by atoms with Gasteiger partial charge in [-0.3, -0.25) is 14.4 Å². The van der Waals surface area contributed by atoms with Gasteiger partial charge in [0.05, 0.1) is 12.5 Å². The zero-order valence-electron chi connectivity index (χ0n) is 15.0. The average Bonchev–Trinajstić information content (AvgIpc) is 3.44. The Hall–Kier alpha value is -2.51. The van der Waals surface area contributed by atoms with E-state index < -0.39 is 23.5 Å². The topological polar surface area (TPSA) is 77.9 Å². The normalized spacial score (nSPS) is 24.4. The molecule has 3 unspecified atom stereocenters. The highest BCUT2D eigenvalue weighted by atomic mass is 19.2. The van der Waals surface area contributed by atoms with Gasteiger partial charge < -0.3 is 14.9 Å². The van der Waals surface area contributed by atoms with E-state index in [-0.39, 0.29) is 36.7 Å². The lowest BCUT2D eigenvalue weighted by Gasteiger charge is -2.32. The number of hydrogen-bond acceptors (Lipinski definition) is 3. The van der Waals surface area contributed by atoms with Crippen molar-refractivity contribution in [3.8, 4) is 0 Å². The van der Waals surface area contributed by atoms with E-state index in [1.807, 2.05) is 0 Å². The van der Waals surface area contributed by atoms with Crippen molar-refractivity contribution >= 4 is 17.8 Å². The van der Waals surface area contributed by atoms with Crippen LogP contribution in [0.5, 0.6) is 0 Å². The van der Waals surface area contributed by atoms with Crippen LogP contribution in [-0.4, -0.2) is 59.4 Å². The maximum absolute atomic E-state index is 13.4. The monoisotopic (exact) mass is 380 g/mol. The lowest BCUT2D eigenvalue weighted by atomic mass is 9.98. The number of nitrogens with zero attached hydrogens (tertiary/aromatic N) is 2. The van der Waals surface area contributed by atoms with Gasteiger partial charge in [-0.05, 0) is 42.9 Å². The highest BCUT2D eigenvalue weighted by molar-refractivity contribution is 5.88. The van der Waals surface area contributed by atoms with E-state index >= 15 is 0 Å². The zero-order valence-corrected chi connectivity index (χ0v) is 15.0. The van der Waals surface area contributed by atoms with E-state index in [4.69, 9.17) is 5.11 Å².